The van der Waals surface area contributed by atoms with E-state index in [1.54, 1.807) is 17.0 Å². The molecule has 1 aliphatic rings. The number of para-hydroxylation sites is 2. The van der Waals surface area contributed by atoms with Crippen molar-refractivity contribution in [3.63, 3.8) is 0 Å². The summed E-state index contributed by atoms with van der Waals surface area (Å²) in [4.78, 5) is 28.6. The maximum absolute atomic E-state index is 12.2. The molecule has 6 nitrogen and oxygen atoms in total. The lowest BCUT2D eigenvalue weighted by molar-refractivity contribution is -0.122. The third-order valence-electron chi connectivity index (χ3n) is 4.52. The second-order valence-electron chi connectivity index (χ2n) is 6.20. The van der Waals surface area contributed by atoms with E-state index in [0.717, 1.165) is 30.3 Å². The first-order chi connectivity index (χ1) is 12.2. The molecule has 1 heterocycles. The quantitative estimate of drug-likeness (QED) is 0.719. The fraction of sp³-hybridized carbons (Fsp3) is 0.211. The van der Waals surface area contributed by atoms with E-state index in [9.17, 15) is 9.59 Å². The summed E-state index contributed by atoms with van der Waals surface area (Å²) < 4.78 is 1.74. The SMILES string of the molecule is O=C(Cn1cnc2ccccc21)NNC(=O)c1ccc2c(c1)CCC2. The lowest BCUT2D eigenvalue weighted by Gasteiger charge is -2.09. The van der Waals surface area contributed by atoms with Gasteiger partial charge in [0.05, 0.1) is 17.4 Å². The topological polar surface area (TPSA) is 76.0 Å². The number of carbonyl (C=O) groups excluding carboxylic acids is 2. The van der Waals surface area contributed by atoms with Gasteiger partial charge in [-0.25, -0.2) is 4.98 Å². The second-order valence-corrected chi connectivity index (χ2v) is 6.20. The van der Waals surface area contributed by atoms with Crippen LogP contribution in [0.2, 0.25) is 0 Å². The van der Waals surface area contributed by atoms with Crippen LogP contribution in [0.3, 0.4) is 0 Å². The highest BCUT2D eigenvalue weighted by Crippen LogP contribution is 2.22. The van der Waals surface area contributed by atoms with Gasteiger partial charge in [0.1, 0.15) is 6.54 Å². The molecule has 2 aromatic carbocycles. The Labute approximate surface area is 144 Å². The molecule has 0 atom stereocenters. The number of fused-ring (bicyclic) bond motifs is 2. The van der Waals surface area contributed by atoms with Gasteiger partial charge in [-0.05, 0) is 54.7 Å². The van der Waals surface area contributed by atoms with E-state index in [-0.39, 0.29) is 18.4 Å². The van der Waals surface area contributed by atoms with Crippen molar-refractivity contribution in [1.29, 1.82) is 0 Å². The van der Waals surface area contributed by atoms with Crippen molar-refractivity contribution in [3.8, 4) is 0 Å². The largest absolute Gasteiger partial charge is 0.321 e. The molecule has 6 heteroatoms. The number of hydrogen-bond acceptors (Lipinski definition) is 3. The van der Waals surface area contributed by atoms with Crippen LogP contribution >= 0.6 is 0 Å². The van der Waals surface area contributed by atoms with Crippen LogP contribution in [0.4, 0.5) is 0 Å². The standard InChI is InChI=1S/C19H18N4O2/c24-18(11-23-12-20-16-6-1-2-7-17(16)23)21-22-19(25)15-9-8-13-4-3-5-14(13)10-15/h1-2,6-10,12H,3-5,11H2,(H,21,24)(H,22,25). The third-order valence-corrected chi connectivity index (χ3v) is 4.52. The second kappa shape index (κ2) is 6.39. The number of hydrazine groups is 1. The zero-order chi connectivity index (χ0) is 17.2. The average molecular weight is 334 g/mol. The summed E-state index contributed by atoms with van der Waals surface area (Å²) >= 11 is 0. The van der Waals surface area contributed by atoms with E-state index >= 15 is 0 Å². The zero-order valence-corrected chi connectivity index (χ0v) is 13.7. The molecule has 0 unspecified atom stereocenters. The Morgan fingerprint density at radius 1 is 1.04 bits per heavy atom. The number of aromatic nitrogens is 2. The maximum atomic E-state index is 12.2. The molecule has 1 aliphatic carbocycles. The predicted molar refractivity (Wildman–Crippen MR) is 93.8 cm³/mol. The van der Waals surface area contributed by atoms with Crippen LogP contribution in [0, 0.1) is 0 Å². The van der Waals surface area contributed by atoms with Crippen molar-refractivity contribution in [2.45, 2.75) is 25.8 Å². The maximum Gasteiger partial charge on any atom is 0.269 e. The number of rotatable bonds is 3. The van der Waals surface area contributed by atoms with Crippen molar-refractivity contribution < 1.29 is 9.59 Å². The van der Waals surface area contributed by atoms with Gasteiger partial charge < -0.3 is 4.57 Å². The number of benzene rings is 2. The summed E-state index contributed by atoms with van der Waals surface area (Å²) in [6.07, 6.45) is 4.84. The van der Waals surface area contributed by atoms with Crippen molar-refractivity contribution in [2.24, 2.45) is 0 Å². The first kappa shape index (κ1) is 15.4. The van der Waals surface area contributed by atoms with Crippen molar-refractivity contribution in [1.82, 2.24) is 20.4 Å². The van der Waals surface area contributed by atoms with Gasteiger partial charge in [-0.1, -0.05) is 18.2 Å². The molecule has 0 saturated heterocycles. The van der Waals surface area contributed by atoms with E-state index < -0.39 is 0 Å². The van der Waals surface area contributed by atoms with E-state index in [1.807, 2.05) is 36.4 Å². The highest BCUT2D eigenvalue weighted by atomic mass is 16.2. The van der Waals surface area contributed by atoms with Crippen LogP contribution in [0.5, 0.6) is 0 Å². The zero-order valence-electron chi connectivity index (χ0n) is 13.7. The van der Waals surface area contributed by atoms with Gasteiger partial charge >= 0.3 is 0 Å². The van der Waals surface area contributed by atoms with Crippen LogP contribution in [0.1, 0.15) is 27.9 Å². The molecule has 2 amide bonds. The van der Waals surface area contributed by atoms with Crippen LogP contribution in [0.25, 0.3) is 11.0 Å². The Bertz CT molecular complexity index is 961. The number of carbonyl (C=O) groups is 2. The first-order valence-corrected chi connectivity index (χ1v) is 8.31. The van der Waals surface area contributed by atoms with Crippen molar-refractivity contribution >= 4 is 22.8 Å². The number of nitrogens with one attached hydrogen (secondary N) is 2. The van der Waals surface area contributed by atoms with Gasteiger partial charge in [0, 0.05) is 5.56 Å². The van der Waals surface area contributed by atoms with Gasteiger partial charge in [0.25, 0.3) is 11.8 Å². The molecule has 0 saturated carbocycles. The average Bonchev–Trinajstić information content (AvgIpc) is 3.26. The Hall–Kier alpha value is -3.15. The summed E-state index contributed by atoms with van der Waals surface area (Å²) in [5.41, 5.74) is 9.75. The number of amides is 2. The van der Waals surface area contributed by atoms with E-state index in [0.29, 0.717) is 5.56 Å². The fourth-order valence-corrected chi connectivity index (χ4v) is 3.24. The lowest BCUT2D eigenvalue weighted by Crippen LogP contribution is -2.43. The monoisotopic (exact) mass is 334 g/mol. The number of nitrogens with zero attached hydrogens (tertiary/aromatic N) is 2. The highest BCUT2D eigenvalue weighted by molar-refractivity contribution is 5.95. The van der Waals surface area contributed by atoms with Crippen LogP contribution in [0.15, 0.2) is 48.8 Å². The Morgan fingerprint density at radius 3 is 2.80 bits per heavy atom. The summed E-state index contributed by atoms with van der Waals surface area (Å²) in [5, 5.41) is 0. The van der Waals surface area contributed by atoms with Gasteiger partial charge in [0.2, 0.25) is 0 Å². The van der Waals surface area contributed by atoms with Gasteiger partial charge in [0.15, 0.2) is 0 Å². The van der Waals surface area contributed by atoms with E-state index in [1.165, 1.54) is 11.1 Å². The smallest absolute Gasteiger partial charge is 0.269 e. The summed E-state index contributed by atoms with van der Waals surface area (Å²) in [6, 6.07) is 13.3. The minimum atomic E-state index is -0.308. The lowest BCUT2D eigenvalue weighted by atomic mass is 10.1. The summed E-state index contributed by atoms with van der Waals surface area (Å²) in [5.74, 6) is -0.615. The molecule has 2 N–H and O–H groups in total. The Balaban J connectivity index is 1.37. The Morgan fingerprint density at radius 2 is 1.88 bits per heavy atom. The minimum absolute atomic E-state index is 0.0883. The van der Waals surface area contributed by atoms with Crippen LogP contribution in [-0.2, 0) is 24.2 Å². The number of aryl methyl sites for hydroxylation is 2. The van der Waals surface area contributed by atoms with Gasteiger partial charge in [-0.15, -0.1) is 0 Å². The highest BCUT2D eigenvalue weighted by Gasteiger charge is 2.14. The minimum Gasteiger partial charge on any atom is -0.321 e. The normalized spacial score (nSPS) is 12.8. The number of hydrogen-bond donors (Lipinski definition) is 2. The Kier molecular flexibility index (Phi) is 3.93. The summed E-state index contributed by atoms with van der Waals surface area (Å²) in [7, 11) is 0. The molecule has 25 heavy (non-hydrogen) atoms. The molecule has 4 rings (SSSR count). The van der Waals surface area contributed by atoms with Crippen molar-refractivity contribution in [2.75, 3.05) is 0 Å². The molecule has 126 valence electrons. The predicted octanol–water partition coefficient (Wildman–Crippen LogP) is 1.99. The van der Waals surface area contributed by atoms with Gasteiger partial charge in [-0.2, -0.15) is 0 Å². The number of imidazole rings is 1. The molecule has 0 aliphatic heterocycles. The molecule has 3 aromatic rings. The third kappa shape index (κ3) is 3.10. The first-order valence-electron chi connectivity index (χ1n) is 8.31. The molecular formula is C19H18N4O2. The fourth-order valence-electron chi connectivity index (χ4n) is 3.24. The van der Waals surface area contributed by atoms with E-state index in [4.69, 9.17) is 0 Å². The molecule has 0 bridgehead atoms. The molecule has 0 spiro atoms. The van der Waals surface area contributed by atoms with Gasteiger partial charge in [-0.3, -0.25) is 20.4 Å². The van der Waals surface area contributed by atoms with Crippen LogP contribution < -0.4 is 10.9 Å². The van der Waals surface area contributed by atoms with Crippen LogP contribution in [-0.4, -0.2) is 21.4 Å². The summed E-state index contributed by atoms with van der Waals surface area (Å²) in [6.45, 7) is 0.0883. The van der Waals surface area contributed by atoms with E-state index in [2.05, 4.69) is 15.8 Å². The molecule has 0 fully saturated rings. The molecular weight excluding hydrogens is 316 g/mol. The molecule has 1 aromatic heterocycles. The van der Waals surface area contributed by atoms with Crippen molar-refractivity contribution in [3.05, 3.63) is 65.5 Å². The molecule has 0 radical (unpaired) electrons.